The van der Waals surface area contributed by atoms with Crippen molar-refractivity contribution < 1.29 is 27.6 Å². The number of fused-ring (bicyclic) bond motifs is 1. The molecule has 2 aliphatic rings. The number of nitrogens with zero attached hydrogens (tertiary/aromatic N) is 4. The van der Waals surface area contributed by atoms with Gasteiger partial charge in [-0.25, -0.2) is 8.42 Å². The largest absolute Gasteiger partial charge is 0.385 e. The van der Waals surface area contributed by atoms with Gasteiger partial charge in [0.15, 0.2) is 9.84 Å². The Bertz CT molecular complexity index is 2320. The number of amides is 3. The molecule has 3 amide bonds. The van der Waals surface area contributed by atoms with Crippen LogP contribution in [-0.2, 0) is 19.4 Å². The summed E-state index contributed by atoms with van der Waals surface area (Å²) in [5, 5.41) is 14.8. The van der Waals surface area contributed by atoms with Crippen molar-refractivity contribution in [3.8, 4) is 11.3 Å². The quantitative estimate of drug-likeness (QED) is 0.0336. The summed E-state index contributed by atoms with van der Waals surface area (Å²) < 4.78 is 23.6. The van der Waals surface area contributed by atoms with Crippen LogP contribution >= 0.6 is 0 Å². The topological polar surface area (TPSA) is 214 Å². The molecule has 0 aliphatic carbocycles. The summed E-state index contributed by atoms with van der Waals surface area (Å²) in [6.07, 6.45) is 6.04. The summed E-state index contributed by atoms with van der Waals surface area (Å²) in [7, 11) is -3.28. The Balaban J connectivity index is 0.877. The van der Waals surface area contributed by atoms with Crippen molar-refractivity contribution in [2.45, 2.75) is 49.5 Å². The van der Waals surface area contributed by atoms with Gasteiger partial charge in [0.25, 0.3) is 11.8 Å². The van der Waals surface area contributed by atoms with Crippen LogP contribution in [0, 0.1) is 5.41 Å². The average molecular weight is 808 g/mol. The highest BCUT2D eigenvalue weighted by molar-refractivity contribution is 7.90. The van der Waals surface area contributed by atoms with E-state index in [2.05, 4.69) is 42.5 Å². The molecule has 1 aromatic heterocycles. The molecule has 1 unspecified atom stereocenters. The van der Waals surface area contributed by atoms with E-state index in [1.54, 1.807) is 48.5 Å². The van der Waals surface area contributed by atoms with Crippen LogP contribution in [-0.4, -0.2) is 105 Å². The van der Waals surface area contributed by atoms with Gasteiger partial charge in [-0.1, -0.05) is 31.0 Å². The minimum absolute atomic E-state index is 0.00192. The van der Waals surface area contributed by atoms with E-state index >= 15 is 0 Å². The minimum Gasteiger partial charge on any atom is -0.385 e. The Hall–Kier alpha value is -6.13. The summed E-state index contributed by atoms with van der Waals surface area (Å²) in [6, 6.07) is 23.9. The smallest absolute Gasteiger partial charge is 0.262 e. The van der Waals surface area contributed by atoms with Gasteiger partial charge in [-0.05, 0) is 98.1 Å². The fourth-order valence-electron chi connectivity index (χ4n) is 7.17. The maximum Gasteiger partial charge on any atom is 0.262 e. The monoisotopic (exact) mass is 807 g/mol. The lowest BCUT2D eigenvalue weighted by molar-refractivity contribution is -0.122. The molecule has 0 radical (unpaired) electrons. The molecule has 16 heteroatoms. The van der Waals surface area contributed by atoms with Gasteiger partial charge in [0.2, 0.25) is 11.9 Å². The predicted octanol–water partition coefficient (Wildman–Crippen LogP) is 4.26. The van der Waals surface area contributed by atoms with Gasteiger partial charge in [0.1, 0.15) is 17.8 Å². The Kier molecular flexibility index (Phi) is 13.5. The number of guanidine groups is 1. The van der Waals surface area contributed by atoms with Gasteiger partial charge >= 0.3 is 0 Å². The average Bonchev–Trinajstić information content (AvgIpc) is 3.45. The Morgan fingerprint density at radius 1 is 0.897 bits per heavy atom. The first-order valence-electron chi connectivity index (χ1n) is 19.4. The molecule has 3 heterocycles. The number of hydrogen-bond donors (Lipinski definition) is 5. The molecule has 0 saturated carbocycles. The summed E-state index contributed by atoms with van der Waals surface area (Å²) in [5.74, 6) is -1.99. The van der Waals surface area contributed by atoms with Crippen LogP contribution in [0.25, 0.3) is 11.3 Å². The molecule has 3 aromatic carbocycles. The number of rotatable bonds is 17. The normalized spacial score (nSPS) is 15.3. The maximum atomic E-state index is 13.0. The highest BCUT2D eigenvalue weighted by atomic mass is 32.2. The fourth-order valence-corrected chi connectivity index (χ4v) is 7.80. The van der Waals surface area contributed by atoms with Gasteiger partial charge in [-0.2, -0.15) is 4.99 Å². The maximum absolute atomic E-state index is 13.0. The van der Waals surface area contributed by atoms with E-state index in [9.17, 15) is 27.6 Å². The molecule has 58 heavy (non-hydrogen) atoms. The van der Waals surface area contributed by atoms with Crippen molar-refractivity contribution in [1.82, 2.24) is 14.8 Å². The summed E-state index contributed by atoms with van der Waals surface area (Å²) in [5.41, 5.74) is 10.6. The molecule has 1 atom stereocenters. The van der Waals surface area contributed by atoms with Crippen LogP contribution in [0.15, 0.2) is 94.8 Å². The molecule has 2 aliphatic heterocycles. The van der Waals surface area contributed by atoms with Gasteiger partial charge < -0.3 is 31.0 Å². The number of anilines is 3. The van der Waals surface area contributed by atoms with Crippen molar-refractivity contribution >= 4 is 56.9 Å². The first-order valence-corrected chi connectivity index (χ1v) is 21.3. The van der Waals surface area contributed by atoms with Gasteiger partial charge in [0.05, 0.1) is 16.0 Å². The number of primary amides is 1. The number of piperazine rings is 1. The van der Waals surface area contributed by atoms with E-state index < -0.39 is 33.6 Å². The first-order chi connectivity index (χ1) is 27.9. The van der Waals surface area contributed by atoms with E-state index in [1.807, 2.05) is 24.3 Å². The van der Waals surface area contributed by atoms with Gasteiger partial charge in [-0.3, -0.25) is 29.6 Å². The van der Waals surface area contributed by atoms with Crippen molar-refractivity contribution in [1.29, 1.82) is 5.41 Å². The zero-order valence-corrected chi connectivity index (χ0v) is 33.3. The number of imide groups is 1. The van der Waals surface area contributed by atoms with E-state index in [-0.39, 0.29) is 34.8 Å². The molecular formula is C42H49N9O6S. The number of aldehydes is 1. The zero-order chi connectivity index (χ0) is 41.2. The second kappa shape index (κ2) is 18.9. The Morgan fingerprint density at radius 2 is 1.59 bits per heavy atom. The Labute approximate surface area is 337 Å². The summed E-state index contributed by atoms with van der Waals surface area (Å²) >= 11 is 0. The molecular weight excluding hydrogens is 759 g/mol. The first kappa shape index (κ1) is 41.5. The standard InChI is InChI=1S/C42H49N9O6S/c1-58(56,57)33-18-11-29(12-19-33)36-8-6-10-38(47-36)48-42(44)46-30-13-16-32(17-14-30)50-25-23-49(24-26-50)22-5-3-2-4-21-45-31-15-20-34-35(28-31)41(55)51(40(34)54)37(39(43)53)9-7-27-52/h6,8,10-20,27-28,37,45H,2-5,7,9,21-26H2,1H3,(H2,43,53)(H3,44,46,47,48). The second-order valence-electron chi connectivity index (χ2n) is 14.5. The molecule has 4 aromatic rings. The third kappa shape index (κ3) is 10.4. The molecule has 6 N–H and O–H groups in total. The van der Waals surface area contributed by atoms with Gasteiger partial charge in [-0.15, -0.1) is 0 Å². The number of benzene rings is 3. The SMILES string of the molecule is CS(=O)(=O)c1ccc(-c2ccc/c(=N/C(=N)Nc3ccc(N4CCN(CCCCCCNc5ccc6c(c5)C(=O)N(C(CCC=O)C(N)=O)C6=O)CC4)cc3)[nH]2)cc1. The molecule has 1 fully saturated rings. The number of sulfone groups is 1. The lowest BCUT2D eigenvalue weighted by Crippen LogP contribution is -2.47. The van der Waals surface area contributed by atoms with Gasteiger partial charge in [0, 0.05) is 68.2 Å². The van der Waals surface area contributed by atoms with Crippen LogP contribution in [0.4, 0.5) is 17.1 Å². The van der Waals surface area contributed by atoms with E-state index in [0.29, 0.717) is 11.8 Å². The molecule has 6 rings (SSSR count). The third-order valence-electron chi connectivity index (χ3n) is 10.3. The summed E-state index contributed by atoms with van der Waals surface area (Å²) in [6.45, 7) is 5.59. The number of carbonyl (C=O) groups excluding carboxylic acids is 4. The molecule has 0 bridgehead atoms. The van der Waals surface area contributed by atoms with Crippen molar-refractivity contribution in [3.63, 3.8) is 0 Å². The number of hydrogen-bond acceptors (Lipinski definition) is 10. The Morgan fingerprint density at radius 3 is 2.28 bits per heavy atom. The number of nitrogens with two attached hydrogens (primary N) is 1. The highest BCUT2D eigenvalue weighted by Gasteiger charge is 2.42. The van der Waals surface area contributed by atoms with Crippen molar-refractivity contribution in [2.24, 2.45) is 10.7 Å². The highest BCUT2D eigenvalue weighted by Crippen LogP contribution is 2.29. The van der Waals surface area contributed by atoms with E-state index in [0.717, 1.165) is 98.2 Å². The minimum atomic E-state index is -3.28. The molecule has 15 nitrogen and oxygen atoms in total. The van der Waals surface area contributed by atoms with Crippen LogP contribution in [0.2, 0.25) is 0 Å². The lowest BCUT2D eigenvalue weighted by Gasteiger charge is -2.36. The van der Waals surface area contributed by atoms with Crippen LogP contribution in [0.5, 0.6) is 0 Å². The lowest BCUT2D eigenvalue weighted by atomic mass is 10.1. The number of carbonyl (C=O) groups is 4. The summed E-state index contributed by atoms with van der Waals surface area (Å²) in [4.78, 5) is 62.3. The van der Waals surface area contributed by atoms with Crippen LogP contribution in [0.3, 0.4) is 0 Å². The van der Waals surface area contributed by atoms with E-state index in [4.69, 9.17) is 11.1 Å². The number of aromatic nitrogens is 1. The second-order valence-corrected chi connectivity index (χ2v) is 16.5. The number of unbranched alkanes of at least 4 members (excludes halogenated alkanes) is 3. The van der Waals surface area contributed by atoms with Crippen LogP contribution < -0.4 is 26.8 Å². The number of nitrogens with one attached hydrogen (secondary N) is 4. The van der Waals surface area contributed by atoms with Crippen LogP contribution in [0.1, 0.15) is 59.2 Å². The van der Waals surface area contributed by atoms with Crippen molar-refractivity contribution in [3.05, 3.63) is 102 Å². The number of H-pyrrole nitrogens is 1. The zero-order valence-electron chi connectivity index (χ0n) is 32.4. The third-order valence-corrected chi connectivity index (χ3v) is 11.4. The predicted molar refractivity (Wildman–Crippen MR) is 224 cm³/mol. The molecule has 0 spiro atoms. The fraction of sp³-hybridized carbons (Fsp3) is 0.333. The van der Waals surface area contributed by atoms with E-state index in [1.165, 1.54) is 6.26 Å². The molecule has 1 saturated heterocycles. The molecule has 304 valence electrons. The number of aromatic amines is 1. The number of pyridine rings is 1. The van der Waals surface area contributed by atoms with Crippen molar-refractivity contribution in [2.75, 3.05) is 61.1 Å².